The molecule has 0 aromatic rings. The average molecular weight is 266 g/mol. The lowest BCUT2D eigenvalue weighted by Gasteiger charge is -2.32. The van der Waals surface area contributed by atoms with Crippen LogP contribution in [0.3, 0.4) is 0 Å². The first-order valence-corrected chi connectivity index (χ1v) is 6.50. The average Bonchev–Trinajstić information content (AvgIpc) is 2.39. The van der Waals surface area contributed by atoms with E-state index in [1.165, 1.54) is 5.57 Å². The van der Waals surface area contributed by atoms with Gasteiger partial charge in [0.15, 0.2) is 0 Å². The lowest BCUT2D eigenvalue weighted by Crippen LogP contribution is -2.36. The Labute approximate surface area is 114 Å². The molecule has 1 aliphatic rings. The van der Waals surface area contributed by atoms with Crippen molar-refractivity contribution in [3.05, 3.63) is 47.6 Å². The molecule has 0 amide bonds. The number of rotatable bonds is 5. The third-order valence-electron chi connectivity index (χ3n) is 3.33. The second-order valence-corrected chi connectivity index (χ2v) is 4.97. The van der Waals surface area contributed by atoms with E-state index in [2.05, 4.69) is 25.0 Å². The van der Waals surface area contributed by atoms with Gasteiger partial charge in [0.1, 0.15) is 6.29 Å². The van der Waals surface area contributed by atoms with Gasteiger partial charge in [-0.25, -0.2) is 0 Å². The molecule has 98 valence electrons. The van der Waals surface area contributed by atoms with Gasteiger partial charge in [0, 0.05) is 18.1 Å². The van der Waals surface area contributed by atoms with Crippen LogP contribution in [0.15, 0.2) is 47.6 Å². The zero-order valence-corrected chi connectivity index (χ0v) is 11.6. The van der Waals surface area contributed by atoms with Crippen molar-refractivity contribution in [2.45, 2.75) is 13.3 Å². The van der Waals surface area contributed by atoms with Crippen molar-refractivity contribution >= 4 is 17.9 Å². The SMILES string of the molecule is C=C/C(Cl)=C(\C=C)CN1CCC(C)/C(=C\C=O)C1. The van der Waals surface area contributed by atoms with Crippen molar-refractivity contribution in [2.75, 3.05) is 19.6 Å². The zero-order chi connectivity index (χ0) is 13.5. The van der Waals surface area contributed by atoms with E-state index >= 15 is 0 Å². The van der Waals surface area contributed by atoms with Crippen molar-refractivity contribution < 1.29 is 4.79 Å². The van der Waals surface area contributed by atoms with Crippen LogP contribution in [0.5, 0.6) is 0 Å². The summed E-state index contributed by atoms with van der Waals surface area (Å²) in [5.41, 5.74) is 2.17. The van der Waals surface area contributed by atoms with Gasteiger partial charge < -0.3 is 0 Å². The molecular formula is C15H20ClNO. The Hall–Kier alpha value is -1.12. The molecule has 0 spiro atoms. The molecule has 1 saturated heterocycles. The monoisotopic (exact) mass is 265 g/mol. The van der Waals surface area contributed by atoms with E-state index in [-0.39, 0.29) is 0 Å². The summed E-state index contributed by atoms with van der Waals surface area (Å²) >= 11 is 6.07. The first kappa shape index (κ1) is 14.9. The van der Waals surface area contributed by atoms with E-state index in [0.717, 1.165) is 37.9 Å². The molecular weight excluding hydrogens is 246 g/mol. The van der Waals surface area contributed by atoms with E-state index < -0.39 is 0 Å². The van der Waals surface area contributed by atoms with Gasteiger partial charge in [-0.1, -0.05) is 49.4 Å². The maximum atomic E-state index is 10.6. The molecule has 1 heterocycles. The van der Waals surface area contributed by atoms with Crippen LogP contribution in [0.4, 0.5) is 0 Å². The second-order valence-electron chi connectivity index (χ2n) is 4.56. The summed E-state index contributed by atoms with van der Waals surface area (Å²) in [6, 6.07) is 0. The van der Waals surface area contributed by atoms with Crippen LogP contribution in [0, 0.1) is 5.92 Å². The highest BCUT2D eigenvalue weighted by atomic mass is 35.5. The summed E-state index contributed by atoms with van der Waals surface area (Å²) in [4.78, 5) is 12.9. The molecule has 0 aliphatic carbocycles. The van der Waals surface area contributed by atoms with Gasteiger partial charge in [-0.2, -0.15) is 0 Å². The van der Waals surface area contributed by atoms with E-state index in [4.69, 9.17) is 11.6 Å². The maximum absolute atomic E-state index is 10.6. The van der Waals surface area contributed by atoms with Crippen molar-refractivity contribution in [3.8, 4) is 0 Å². The number of carbonyl (C=O) groups is 1. The van der Waals surface area contributed by atoms with Crippen molar-refractivity contribution in [1.29, 1.82) is 0 Å². The topological polar surface area (TPSA) is 20.3 Å². The Morgan fingerprint density at radius 3 is 2.78 bits per heavy atom. The second kappa shape index (κ2) is 7.34. The van der Waals surface area contributed by atoms with Gasteiger partial charge >= 0.3 is 0 Å². The van der Waals surface area contributed by atoms with Crippen LogP contribution in [-0.4, -0.2) is 30.8 Å². The maximum Gasteiger partial charge on any atom is 0.142 e. The van der Waals surface area contributed by atoms with E-state index in [1.807, 2.05) is 0 Å². The minimum absolute atomic E-state index is 0.484. The summed E-state index contributed by atoms with van der Waals surface area (Å²) in [5, 5.41) is 0.643. The summed E-state index contributed by atoms with van der Waals surface area (Å²) in [6.45, 7) is 12.2. The molecule has 1 aliphatic heterocycles. The first-order valence-electron chi connectivity index (χ1n) is 6.12. The number of halogens is 1. The van der Waals surface area contributed by atoms with Gasteiger partial charge in [0.05, 0.1) is 0 Å². The molecule has 0 bridgehead atoms. The predicted molar refractivity (Wildman–Crippen MR) is 77.6 cm³/mol. The van der Waals surface area contributed by atoms with E-state index in [0.29, 0.717) is 11.0 Å². The molecule has 1 rings (SSSR count). The quantitative estimate of drug-likeness (QED) is 0.432. The Bertz CT molecular complexity index is 395. The van der Waals surface area contributed by atoms with Crippen LogP contribution in [0.2, 0.25) is 0 Å². The van der Waals surface area contributed by atoms with Gasteiger partial charge in [0.2, 0.25) is 0 Å². The fourth-order valence-electron chi connectivity index (χ4n) is 2.10. The van der Waals surface area contributed by atoms with Crippen LogP contribution < -0.4 is 0 Å². The van der Waals surface area contributed by atoms with Crippen molar-refractivity contribution in [3.63, 3.8) is 0 Å². The minimum atomic E-state index is 0.484. The molecule has 1 fully saturated rings. The molecule has 0 saturated carbocycles. The highest BCUT2D eigenvalue weighted by Crippen LogP contribution is 2.23. The third-order valence-corrected chi connectivity index (χ3v) is 3.72. The number of allylic oxidation sites excluding steroid dienone is 3. The third kappa shape index (κ3) is 3.97. The Morgan fingerprint density at radius 1 is 1.50 bits per heavy atom. The number of hydrogen-bond acceptors (Lipinski definition) is 2. The molecule has 3 heteroatoms. The number of nitrogens with zero attached hydrogens (tertiary/aromatic N) is 1. The molecule has 1 unspecified atom stereocenters. The van der Waals surface area contributed by atoms with Crippen LogP contribution in [0.25, 0.3) is 0 Å². The normalized spacial score (nSPS) is 24.6. The van der Waals surface area contributed by atoms with Gasteiger partial charge in [-0.15, -0.1) is 0 Å². The standard InChI is InChI=1S/C15H20ClNO/c1-4-13(15(16)5-2)10-17-8-6-12(3)14(11-17)7-9-18/h4-5,7,9,12H,1-2,6,8,10-11H2,3H3/b14-7-,15-13-. The van der Waals surface area contributed by atoms with Crippen molar-refractivity contribution in [1.82, 2.24) is 4.90 Å². The van der Waals surface area contributed by atoms with Gasteiger partial charge in [-0.05, 0) is 30.5 Å². The number of carbonyl (C=O) groups excluding carboxylic acids is 1. The number of aldehydes is 1. The highest BCUT2D eigenvalue weighted by Gasteiger charge is 2.20. The summed E-state index contributed by atoms with van der Waals surface area (Å²) in [6.07, 6.45) is 7.02. The first-order chi connectivity index (χ1) is 8.62. The lowest BCUT2D eigenvalue weighted by atomic mass is 9.92. The minimum Gasteiger partial charge on any atom is -0.299 e. The fourth-order valence-corrected chi connectivity index (χ4v) is 2.24. The summed E-state index contributed by atoms with van der Waals surface area (Å²) < 4.78 is 0. The smallest absolute Gasteiger partial charge is 0.142 e. The molecule has 0 N–H and O–H groups in total. The summed E-state index contributed by atoms with van der Waals surface area (Å²) in [7, 11) is 0. The molecule has 0 aromatic heterocycles. The van der Waals surface area contributed by atoms with Crippen LogP contribution in [0.1, 0.15) is 13.3 Å². The fraction of sp³-hybridized carbons (Fsp3) is 0.400. The highest BCUT2D eigenvalue weighted by molar-refractivity contribution is 6.31. The summed E-state index contributed by atoms with van der Waals surface area (Å²) in [5.74, 6) is 0.484. The Kier molecular flexibility index (Phi) is 6.10. The van der Waals surface area contributed by atoms with E-state index in [9.17, 15) is 4.79 Å². The van der Waals surface area contributed by atoms with Crippen molar-refractivity contribution in [2.24, 2.45) is 5.92 Å². The largest absolute Gasteiger partial charge is 0.299 e. The zero-order valence-electron chi connectivity index (χ0n) is 10.9. The predicted octanol–water partition coefficient (Wildman–Crippen LogP) is 3.32. The number of piperidine rings is 1. The molecule has 0 radical (unpaired) electrons. The van der Waals surface area contributed by atoms with Crippen LogP contribution in [-0.2, 0) is 4.79 Å². The lowest BCUT2D eigenvalue weighted by molar-refractivity contribution is -0.104. The van der Waals surface area contributed by atoms with Gasteiger partial charge in [0.25, 0.3) is 0 Å². The molecule has 1 atom stereocenters. The molecule has 0 aromatic carbocycles. The number of likely N-dealkylation sites (tertiary alicyclic amines) is 1. The van der Waals surface area contributed by atoms with E-state index in [1.54, 1.807) is 18.2 Å². The molecule has 18 heavy (non-hydrogen) atoms. The Morgan fingerprint density at radius 2 is 2.22 bits per heavy atom. The Balaban J connectivity index is 2.75. The molecule has 2 nitrogen and oxygen atoms in total. The number of hydrogen-bond donors (Lipinski definition) is 0. The van der Waals surface area contributed by atoms with Crippen LogP contribution >= 0.6 is 11.6 Å². The van der Waals surface area contributed by atoms with Gasteiger partial charge in [-0.3, -0.25) is 9.69 Å².